The predicted octanol–water partition coefficient (Wildman–Crippen LogP) is 5.66. The molecule has 0 amide bonds. The molecule has 6 heteroatoms. The number of rotatable bonds is 16. The van der Waals surface area contributed by atoms with E-state index in [4.69, 9.17) is 5.11 Å². The van der Waals surface area contributed by atoms with Crippen LogP contribution in [-0.4, -0.2) is 55.3 Å². The second kappa shape index (κ2) is 17.6. The van der Waals surface area contributed by atoms with E-state index in [1.54, 1.807) is 12.1 Å². The number of nitrogens with zero attached hydrogens (tertiary/aromatic N) is 1. The van der Waals surface area contributed by atoms with Crippen LogP contribution in [0.15, 0.2) is 29.2 Å². The zero-order valence-corrected chi connectivity index (χ0v) is 21.3. The van der Waals surface area contributed by atoms with Gasteiger partial charge in [-0.3, -0.25) is 0 Å². The van der Waals surface area contributed by atoms with Crippen molar-refractivity contribution >= 4 is 10.1 Å². The van der Waals surface area contributed by atoms with E-state index in [0.29, 0.717) is 6.61 Å². The van der Waals surface area contributed by atoms with E-state index in [2.05, 4.69) is 20.8 Å². The maximum Gasteiger partial charge on any atom is 0.124 e. The molecule has 0 aliphatic heterocycles. The molecule has 0 aliphatic carbocycles. The van der Waals surface area contributed by atoms with Gasteiger partial charge in [0, 0.05) is 6.61 Å². The standard InChI is InChI=1S/C18H40NO.C7H8O3S/c1-4-7-10-15-19(14-9-6-3,16-11-8-5-2)17-12-13-18-20;1-6-2-4-7(5-3-6)11(8,9)10/h20H,4-18H2,1-3H3;2-5H,1H3,(H,8,9,10)/q+1;/p-1. The average Bonchev–Trinajstić information content (AvgIpc) is 2.73. The molecule has 182 valence electrons. The molecule has 0 saturated carbocycles. The van der Waals surface area contributed by atoms with E-state index in [9.17, 15) is 13.0 Å². The van der Waals surface area contributed by atoms with Crippen molar-refractivity contribution in [2.75, 3.05) is 32.8 Å². The number of benzene rings is 1. The Kier molecular flexibility index (Phi) is 17.0. The molecule has 1 N–H and O–H groups in total. The summed E-state index contributed by atoms with van der Waals surface area (Å²) in [6.45, 7) is 14.4. The molecule has 31 heavy (non-hydrogen) atoms. The Hall–Kier alpha value is -0.950. The van der Waals surface area contributed by atoms with Gasteiger partial charge in [-0.15, -0.1) is 0 Å². The molecule has 0 saturated heterocycles. The van der Waals surface area contributed by atoms with Crippen LogP contribution in [-0.2, 0) is 10.1 Å². The van der Waals surface area contributed by atoms with E-state index in [1.807, 2.05) is 6.92 Å². The molecule has 1 aromatic carbocycles. The first-order valence-corrected chi connectivity index (χ1v) is 13.6. The summed E-state index contributed by atoms with van der Waals surface area (Å²) in [5.74, 6) is 0. The molecule has 0 spiro atoms. The number of quaternary nitrogens is 1. The SMILES string of the molecule is CCCCC[N+](CCCC)(CCCCC)CCCCO.Cc1ccc(S(=O)(=O)[O-])cc1. The van der Waals surface area contributed by atoms with Gasteiger partial charge in [-0.1, -0.05) is 57.7 Å². The maximum absolute atomic E-state index is 10.4. The van der Waals surface area contributed by atoms with Crippen LogP contribution in [0, 0.1) is 6.92 Å². The highest BCUT2D eigenvalue weighted by Gasteiger charge is 2.25. The van der Waals surface area contributed by atoms with Gasteiger partial charge in [0.25, 0.3) is 0 Å². The number of aryl methyl sites for hydroxylation is 1. The predicted molar refractivity (Wildman–Crippen MR) is 129 cm³/mol. The smallest absolute Gasteiger partial charge is 0.124 e. The van der Waals surface area contributed by atoms with Gasteiger partial charge in [0.15, 0.2) is 0 Å². The highest BCUT2D eigenvalue weighted by atomic mass is 32.2. The number of hydrogen-bond donors (Lipinski definition) is 1. The van der Waals surface area contributed by atoms with Crippen molar-refractivity contribution in [2.24, 2.45) is 0 Å². The van der Waals surface area contributed by atoms with Crippen molar-refractivity contribution in [1.29, 1.82) is 0 Å². The Bertz CT molecular complexity index is 617. The van der Waals surface area contributed by atoms with Crippen LogP contribution in [0.5, 0.6) is 0 Å². The number of unbranched alkanes of at least 4 members (excludes halogenated alkanes) is 6. The van der Waals surface area contributed by atoms with Crippen molar-refractivity contribution in [3.63, 3.8) is 0 Å². The van der Waals surface area contributed by atoms with Gasteiger partial charge in [-0.05, 0) is 64.0 Å². The van der Waals surface area contributed by atoms with Gasteiger partial charge < -0.3 is 14.1 Å². The van der Waals surface area contributed by atoms with E-state index in [0.717, 1.165) is 12.0 Å². The minimum Gasteiger partial charge on any atom is -0.744 e. The van der Waals surface area contributed by atoms with Gasteiger partial charge in [0.1, 0.15) is 10.1 Å². The molecule has 0 bridgehead atoms. The highest BCUT2D eigenvalue weighted by Crippen LogP contribution is 2.17. The van der Waals surface area contributed by atoms with Gasteiger partial charge in [0.05, 0.1) is 31.1 Å². The molecule has 0 aromatic heterocycles. The summed E-state index contributed by atoms with van der Waals surface area (Å²) in [7, 11) is -4.27. The second-order valence-electron chi connectivity index (χ2n) is 8.70. The minimum absolute atomic E-state index is 0.178. The van der Waals surface area contributed by atoms with Crippen molar-refractivity contribution in [3.8, 4) is 0 Å². The first kappa shape index (κ1) is 30.0. The van der Waals surface area contributed by atoms with Gasteiger partial charge >= 0.3 is 0 Å². The van der Waals surface area contributed by atoms with Crippen LogP contribution < -0.4 is 0 Å². The van der Waals surface area contributed by atoms with Crippen LogP contribution in [0.2, 0.25) is 0 Å². The lowest BCUT2D eigenvalue weighted by molar-refractivity contribution is -0.929. The number of aliphatic hydroxyl groups is 1. The van der Waals surface area contributed by atoms with Gasteiger partial charge in [-0.2, -0.15) is 0 Å². The summed E-state index contributed by atoms with van der Waals surface area (Å²) < 4.78 is 32.5. The van der Waals surface area contributed by atoms with Crippen molar-refractivity contribution in [1.82, 2.24) is 0 Å². The Balaban J connectivity index is 0.000000683. The molecule has 0 atom stereocenters. The lowest BCUT2D eigenvalue weighted by Gasteiger charge is -2.39. The normalized spacial score (nSPS) is 11.8. The fourth-order valence-electron chi connectivity index (χ4n) is 3.82. The fraction of sp³-hybridized carbons (Fsp3) is 0.760. The Labute approximate surface area is 192 Å². The third kappa shape index (κ3) is 14.7. The molecule has 0 fully saturated rings. The number of hydrogen-bond acceptors (Lipinski definition) is 4. The first-order chi connectivity index (χ1) is 14.7. The quantitative estimate of drug-likeness (QED) is 0.197. The van der Waals surface area contributed by atoms with Crippen molar-refractivity contribution in [2.45, 2.75) is 96.8 Å². The second-order valence-corrected chi connectivity index (χ2v) is 10.1. The van der Waals surface area contributed by atoms with Crippen LogP contribution in [0.4, 0.5) is 0 Å². The average molecular weight is 458 g/mol. The van der Waals surface area contributed by atoms with E-state index < -0.39 is 10.1 Å². The first-order valence-electron chi connectivity index (χ1n) is 12.2. The van der Waals surface area contributed by atoms with Crippen molar-refractivity contribution in [3.05, 3.63) is 29.8 Å². The summed E-state index contributed by atoms with van der Waals surface area (Å²) in [6, 6.07) is 5.78. The highest BCUT2D eigenvalue weighted by molar-refractivity contribution is 7.85. The largest absolute Gasteiger partial charge is 0.744 e. The number of aliphatic hydroxyl groups excluding tert-OH is 1. The zero-order valence-electron chi connectivity index (χ0n) is 20.4. The van der Waals surface area contributed by atoms with Crippen LogP contribution in [0.3, 0.4) is 0 Å². The summed E-state index contributed by atoms with van der Waals surface area (Å²) in [5.41, 5.74) is 0.928. The molecule has 1 rings (SSSR count). The lowest BCUT2D eigenvalue weighted by Crippen LogP contribution is -2.50. The summed E-state index contributed by atoms with van der Waals surface area (Å²) in [6.07, 6.45) is 13.0. The van der Waals surface area contributed by atoms with E-state index >= 15 is 0 Å². The molecular formula is C25H47NO4S. The van der Waals surface area contributed by atoms with Crippen molar-refractivity contribution < 1.29 is 22.6 Å². The van der Waals surface area contributed by atoms with E-state index in [1.165, 1.54) is 101 Å². The van der Waals surface area contributed by atoms with Gasteiger partial charge in [0.2, 0.25) is 0 Å². The zero-order chi connectivity index (χ0) is 23.6. The molecule has 0 aliphatic rings. The third-order valence-corrected chi connectivity index (χ3v) is 6.66. The van der Waals surface area contributed by atoms with Crippen LogP contribution in [0.1, 0.15) is 90.5 Å². The third-order valence-electron chi connectivity index (χ3n) is 5.81. The van der Waals surface area contributed by atoms with E-state index in [-0.39, 0.29) is 4.90 Å². The molecule has 0 heterocycles. The monoisotopic (exact) mass is 457 g/mol. The Morgan fingerprint density at radius 1 is 0.742 bits per heavy atom. The summed E-state index contributed by atoms with van der Waals surface area (Å²) >= 11 is 0. The molecule has 1 aromatic rings. The lowest BCUT2D eigenvalue weighted by atomic mass is 10.1. The summed E-state index contributed by atoms with van der Waals surface area (Å²) in [5, 5.41) is 9.06. The topological polar surface area (TPSA) is 77.4 Å². The molecule has 0 radical (unpaired) electrons. The fourth-order valence-corrected chi connectivity index (χ4v) is 4.29. The minimum atomic E-state index is -4.27. The van der Waals surface area contributed by atoms with Crippen LogP contribution in [0.25, 0.3) is 0 Å². The summed E-state index contributed by atoms with van der Waals surface area (Å²) in [4.78, 5) is -0.178. The maximum atomic E-state index is 10.4. The molecule has 5 nitrogen and oxygen atoms in total. The Morgan fingerprint density at radius 2 is 1.16 bits per heavy atom. The van der Waals surface area contributed by atoms with Gasteiger partial charge in [-0.25, -0.2) is 8.42 Å². The molecular weight excluding hydrogens is 410 g/mol. The van der Waals surface area contributed by atoms with Crippen LogP contribution >= 0.6 is 0 Å². The molecule has 0 unspecified atom stereocenters. The Morgan fingerprint density at radius 3 is 1.55 bits per heavy atom.